The lowest BCUT2D eigenvalue weighted by Gasteiger charge is -2.15. The van der Waals surface area contributed by atoms with Crippen LogP contribution in [0.1, 0.15) is 32.2 Å². The maximum atomic E-state index is 4.18. The molecular formula is C11H22N4. The van der Waals surface area contributed by atoms with Gasteiger partial charge in [-0.2, -0.15) is 5.10 Å². The van der Waals surface area contributed by atoms with Crippen molar-refractivity contribution in [3.8, 4) is 0 Å². The van der Waals surface area contributed by atoms with Crippen LogP contribution in [0.25, 0.3) is 0 Å². The predicted molar refractivity (Wildman–Crippen MR) is 62.8 cm³/mol. The summed E-state index contributed by atoms with van der Waals surface area (Å²) in [5, 5.41) is 13.9. The van der Waals surface area contributed by atoms with Crippen LogP contribution in [-0.2, 0) is 6.54 Å². The molecule has 0 aliphatic carbocycles. The Morgan fingerprint density at radius 2 is 2.07 bits per heavy atom. The van der Waals surface area contributed by atoms with Crippen molar-refractivity contribution < 1.29 is 0 Å². The van der Waals surface area contributed by atoms with Gasteiger partial charge in [0.15, 0.2) is 0 Å². The third kappa shape index (κ3) is 4.95. The molecular weight excluding hydrogens is 188 g/mol. The molecule has 0 aliphatic heterocycles. The van der Waals surface area contributed by atoms with Gasteiger partial charge < -0.3 is 10.6 Å². The average Bonchev–Trinajstić information content (AvgIpc) is 2.58. The second-order valence-electron chi connectivity index (χ2n) is 4.39. The summed E-state index contributed by atoms with van der Waals surface area (Å²) in [5.74, 6) is 0. The topological polar surface area (TPSA) is 52.7 Å². The number of aromatic nitrogens is 2. The summed E-state index contributed by atoms with van der Waals surface area (Å²) in [6.45, 7) is 10.3. The maximum absolute atomic E-state index is 4.18. The van der Waals surface area contributed by atoms with Crippen molar-refractivity contribution in [2.75, 3.05) is 6.54 Å². The Morgan fingerprint density at radius 1 is 1.33 bits per heavy atom. The Balaban J connectivity index is 2.19. The Hall–Kier alpha value is -0.870. The Labute approximate surface area is 91.8 Å². The van der Waals surface area contributed by atoms with E-state index >= 15 is 0 Å². The van der Waals surface area contributed by atoms with Gasteiger partial charge in [-0.15, -0.1) is 0 Å². The van der Waals surface area contributed by atoms with E-state index in [9.17, 15) is 0 Å². The first-order chi connectivity index (χ1) is 7.08. The van der Waals surface area contributed by atoms with Crippen LogP contribution in [-0.4, -0.2) is 28.8 Å². The quantitative estimate of drug-likeness (QED) is 0.661. The molecule has 15 heavy (non-hydrogen) atoms. The van der Waals surface area contributed by atoms with E-state index in [1.807, 2.05) is 6.92 Å². The van der Waals surface area contributed by atoms with E-state index in [1.165, 1.54) is 0 Å². The maximum Gasteiger partial charge on any atom is 0.0762 e. The molecule has 1 atom stereocenters. The molecule has 3 N–H and O–H groups in total. The molecule has 0 saturated heterocycles. The number of rotatable bonds is 6. The standard InChI is InChI=1S/C11H22N4/c1-8(2)12-6-10(4)13-7-11-5-9(3)14-15-11/h5,8,10,12-13H,6-7H2,1-4H3,(H,14,15). The van der Waals surface area contributed by atoms with E-state index in [0.29, 0.717) is 12.1 Å². The fraction of sp³-hybridized carbons (Fsp3) is 0.727. The Morgan fingerprint density at radius 3 is 2.60 bits per heavy atom. The summed E-state index contributed by atoms with van der Waals surface area (Å²) in [6, 6.07) is 3.07. The zero-order valence-electron chi connectivity index (χ0n) is 10.1. The van der Waals surface area contributed by atoms with Gasteiger partial charge in [0.05, 0.1) is 5.69 Å². The molecule has 0 saturated carbocycles. The van der Waals surface area contributed by atoms with Gasteiger partial charge in [0.25, 0.3) is 0 Å². The minimum atomic E-state index is 0.462. The SMILES string of the molecule is Cc1cc(CNC(C)CNC(C)C)n[nH]1. The van der Waals surface area contributed by atoms with Gasteiger partial charge in [-0.05, 0) is 19.9 Å². The van der Waals surface area contributed by atoms with Gasteiger partial charge >= 0.3 is 0 Å². The minimum absolute atomic E-state index is 0.462. The van der Waals surface area contributed by atoms with Crippen LogP contribution in [0.5, 0.6) is 0 Å². The highest BCUT2D eigenvalue weighted by Crippen LogP contribution is 1.97. The van der Waals surface area contributed by atoms with Gasteiger partial charge in [0.2, 0.25) is 0 Å². The number of aryl methyl sites for hydroxylation is 1. The lowest BCUT2D eigenvalue weighted by Crippen LogP contribution is -2.38. The predicted octanol–water partition coefficient (Wildman–Crippen LogP) is 1.19. The van der Waals surface area contributed by atoms with Crippen LogP contribution in [0, 0.1) is 6.92 Å². The van der Waals surface area contributed by atoms with Crippen molar-refractivity contribution in [1.82, 2.24) is 20.8 Å². The van der Waals surface area contributed by atoms with Gasteiger partial charge in [0, 0.05) is 30.9 Å². The van der Waals surface area contributed by atoms with Crippen molar-refractivity contribution in [2.45, 2.75) is 46.3 Å². The number of nitrogens with one attached hydrogen (secondary N) is 3. The first-order valence-electron chi connectivity index (χ1n) is 5.55. The normalized spacial score (nSPS) is 13.4. The molecule has 0 spiro atoms. The van der Waals surface area contributed by atoms with Crippen molar-refractivity contribution in [3.05, 3.63) is 17.5 Å². The van der Waals surface area contributed by atoms with E-state index in [4.69, 9.17) is 0 Å². The van der Waals surface area contributed by atoms with Crippen molar-refractivity contribution in [2.24, 2.45) is 0 Å². The summed E-state index contributed by atoms with van der Waals surface area (Å²) in [5.41, 5.74) is 2.18. The van der Waals surface area contributed by atoms with Crippen LogP contribution in [0.2, 0.25) is 0 Å². The minimum Gasteiger partial charge on any atom is -0.313 e. The fourth-order valence-electron chi connectivity index (χ4n) is 1.33. The molecule has 0 fully saturated rings. The second kappa shape index (κ2) is 5.88. The first kappa shape index (κ1) is 12.2. The number of aromatic amines is 1. The molecule has 0 bridgehead atoms. The van der Waals surface area contributed by atoms with E-state index < -0.39 is 0 Å². The van der Waals surface area contributed by atoms with E-state index in [1.54, 1.807) is 0 Å². The number of hydrogen-bond donors (Lipinski definition) is 3. The summed E-state index contributed by atoms with van der Waals surface area (Å²) in [4.78, 5) is 0. The molecule has 1 heterocycles. The summed E-state index contributed by atoms with van der Waals surface area (Å²) in [7, 11) is 0. The lowest BCUT2D eigenvalue weighted by molar-refractivity contribution is 0.471. The van der Waals surface area contributed by atoms with Crippen molar-refractivity contribution in [1.29, 1.82) is 0 Å². The van der Waals surface area contributed by atoms with Crippen LogP contribution in [0.3, 0.4) is 0 Å². The van der Waals surface area contributed by atoms with Gasteiger partial charge in [-0.25, -0.2) is 0 Å². The van der Waals surface area contributed by atoms with E-state index in [-0.39, 0.29) is 0 Å². The number of hydrogen-bond acceptors (Lipinski definition) is 3. The van der Waals surface area contributed by atoms with Crippen LogP contribution >= 0.6 is 0 Å². The zero-order chi connectivity index (χ0) is 11.3. The summed E-state index contributed by atoms with van der Waals surface area (Å²) >= 11 is 0. The molecule has 1 aromatic heterocycles. The molecule has 1 unspecified atom stereocenters. The molecule has 0 aliphatic rings. The van der Waals surface area contributed by atoms with Crippen LogP contribution in [0.4, 0.5) is 0 Å². The molecule has 86 valence electrons. The second-order valence-corrected chi connectivity index (χ2v) is 4.39. The molecule has 0 radical (unpaired) electrons. The Bertz CT molecular complexity index is 280. The van der Waals surface area contributed by atoms with E-state index in [2.05, 4.69) is 47.7 Å². The largest absolute Gasteiger partial charge is 0.313 e. The van der Waals surface area contributed by atoms with Crippen LogP contribution in [0.15, 0.2) is 6.07 Å². The highest BCUT2D eigenvalue weighted by Gasteiger charge is 2.03. The van der Waals surface area contributed by atoms with E-state index in [0.717, 1.165) is 24.5 Å². The highest BCUT2D eigenvalue weighted by atomic mass is 15.1. The van der Waals surface area contributed by atoms with Crippen molar-refractivity contribution in [3.63, 3.8) is 0 Å². The molecule has 4 heteroatoms. The summed E-state index contributed by atoms with van der Waals surface area (Å²) < 4.78 is 0. The number of nitrogens with zero attached hydrogens (tertiary/aromatic N) is 1. The highest BCUT2D eigenvalue weighted by molar-refractivity contribution is 5.06. The van der Waals surface area contributed by atoms with Gasteiger partial charge in [-0.3, -0.25) is 5.10 Å². The molecule has 1 aromatic rings. The average molecular weight is 210 g/mol. The first-order valence-corrected chi connectivity index (χ1v) is 5.55. The zero-order valence-corrected chi connectivity index (χ0v) is 10.1. The third-order valence-electron chi connectivity index (χ3n) is 2.22. The lowest BCUT2D eigenvalue weighted by atomic mass is 10.3. The Kier molecular flexibility index (Phi) is 4.78. The van der Waals surface area contributed by atoms with Gasteiger partial charge in [0.1, 0.15) is 0 Å². The monoisotopic (exact) mass is 210 g/mol. The summed E-state index contributed by atoms with van der Waals surface area (Å²) in [6.07, 6.45) is 0. The molecule has 4 nitrogen and oxygen atoms in total. The van der Waals surface area contributed by atoms with Gasteiger partial charge in [-0.1, -0.05) is 13.8 Å². The smallest absolute Gasteiger partial charge is 0.0762 e. The molecule has 0 aromatic carbocycles. The molecule has 0 amide bonds. The number of H-pyrrole nitrogens is 1. The third-order valence-corrected chi connectivity index (χ3v) is 2.22. The molecule has 1 rings (SSSR count). The fourth-order valence-corrected chi connectivity index (χ4v) is 1.33. The van der Waals surface area contributed by atoms with Crippen LogP contribution < -0.4 is 10.6 Å². The van der Waals surface area contributed by atoms with Crippen molar-refractivity contribution >= 4 is 0 Å².